The molecular formula is C11H18N2O. The van der Waals surface area contributed by atoms with Crippen LogP contribution in [0.3, 0.4) is 0 Å². The minimum Gasteiger partial charge on any atom is -0.389 e. The smallest absolute Gasteiger partial charge is 0.0715 e. The number of pyridine rings is 1. The van der Waals surface area contributed by atoms with Crippen molar-refractivity contribution < 1.29 is 5.11 Å². The van der Waals surface area contributed by atoms with Gasteiger partial charge in [-0.15, -0.1) is 0 Å². The summed E-state index contributed by atoms with van der Waals surface area (Å²) in [4.78, 5) is 4.21. The molecule has 1 rings (SSSR count). The largest absolute Gasteiger partial charge is 0.389 e. The normalized spacial score (nSPS) is 11.6. The van der Waals surface area contributed by atoms with Gasteiger partial charge in [0, 0.05) is 31.4 Å². The van der Waals surface area contributed by atoms with Crippen LogP contribution in [0.1, 0.15) is 19.5 Å². The molecule has 0 radical (unpaired) electrons. The Bertz CT molecular complexity index is 254. The minimum atomic E-state index is -0.635. The van der Waals surface area contributed by atoms with Crippen LogP contribution in [0.4, 0.5) is 0 Å². The van der Waals surface area contributed by atoms with Crippen LogP contribution < -0.4 is 5.32 Å². The van der Waals surface area contributed by atoms with Crippen molar-refractivity contribution in [1.82, 2.24) is 10.3 Å². The molecule has 14 heavy (non-hydrogen) atoms. The first kappa shape index (κ1) is 11.1. The monoisotopic (exact) mass is 194 g/mol. The highest BCUT2D eigenvalue weighted by Gasteiger charge is 2.10. The molecule has 1 heterocycles. The zero-order valence-corrected chi connectivity index (χ0v) is 8.83. The third-order valence-electron chi connectivity index (χ3n) is 1.84. The van der Waals surface area contributed by atoms with Gasteiger partial charge in [0.05, 0.1) is 5.60 Å². The van der Waals surface area contributed by atoms with Gasteiger partial charge in [0.25, 0.3) is 0 Å². The molecule has 78 valence electrons. The first-order valence-corrected chi connectivity index (χ1v) is 4.91. The second-order valence-corrected chi connectivity index (χ2v) is 4.06. The second kappa shape index (κ2) is 5.08. The van der Waals surface area contributed by atoms with Crippen molar-refractivity contribution in [2.24, 2.45) is 0 Å². The van der Waals surface area contributed by atoms with Crippen molar-refractivity contribution in [2.45, 2.75) is 25.9 Å². The molecular weight excluding hydrogens is 176 g/mol. The highest BCUT2D eigenvalue weighted by Crippen LogP contribution is 1.98. The van der Waals surface area contributed by atoms with Crippen LogP contribution in [0.25, 0.3) is 0 Å². The molecule has 0 aromatic carbocycles. The van der Waals surface area contributed by atoms with Gasteiger partial charge in [-0.05, 0) is 26.0 Å². The van der Waals surface area contributed by atoms with E-state index in [9.17, 15) is 5.11 Å². The Morgan fingerprint density at radius 2 is 2.21 bits per heavy atom. The number of aliphatic hydroxyl groups is 1. The lowest BCUT2D eigenvalue weighted by atomic mass is 10.1. The predicted octanol–water partition coefficient (Wildman–Crippen LogP) is 0.985. The fourth-order valence-corrected chi connectivity index (χ4v) is 1.16. The summed E-state index contributed by atoms with van der Waals surface area (Å²) < 4.78 is 0. The average molecular weight is 194 g/mol. The zero-order chi connectivity index (χ0) is 10.4. The maximum Gasteiger partial charge on any atom is 0.0715 e. The molecule has 0 unspecified atom stereocenters. The second-order valence-electron chi connectivity index (χ2n) is 4.06. The summed E-state index contributed by atoms with van der Waals surface area (Å²) in [6, 6.07) is 5.90. The van der Waals surface area contributed by atoms with Gasteiger partial charge in [0.1, 0.15) is 0 Å². The van der Waals surface area contributed by atoms with Crippen LogP contribution in [0.15, 0.2) is 24.4 Å². The minimum absolute atomic E-state index is 0.611. The van der Waals surface area contributed by atoms with Gasteiger partial charge in [0.2, 0.25) is 0 Å². The van der Waals surface area contributed by atoms with E-state index >= 15 is 0 Å². The molecule has 0 saturated heterocycles. The van der Waals surface area contributed by atoms with Crippen molar-refractivity contribution in [3.8, 4) is 0 Å². The Morgan fingerprint density at radius 1 is 1.43 bits per heavy atom. The van der Waals surface area contributed by atoms with Crippen LogP contribution in [0.5, 0.6) is 0 Å². The Morgan fingerprint density at radius 3 is 2.79 bits per heavy atom. The van der Waals surface area contributed by atoms with Crippen LogP contribution in [0, 0.1) is 0 Å². The fourth-order valence-electron chi connectivity index (χ4n) is 1.16. The van der Waals surface area contributed by atoms with Gasteiger partial charge < -0.3 is 10.4 Å². The van der Waals surface area contributed by atoms with Crippen molar-refractivity contribution in [3.63, 3.8) is 0 Å². The Balaban J connectivity index is 2.17. The first-order valence-electron chi connectivity index (χ1n) is 4.91. The van der Waals surface area contributed by atoms with E-state index in [-0.39, 0.29) is 0 Å². The Labute approximate surface area is 85.2 Å². The van der Waals surface area contributed by atoms with Gasteiger partial charge in [0.15, 0.2) is 0 Å². The van der Waals surface area contributed by atoms with Crippen LogP contribution in [0.2, 0.25) is 0 Å². The summed E-state index contributed by atoms with van der Waals surface area (Å²) in [7, 11) is 0. The quantitative estimate of drug-likeness (QED) is 0.687. The first-order chi connectivity index (χ1) is 6.58. The van der Waals surface area contributed by atoms with E-state index in [0.29, 0.717) is 6.54 Å². The van der Waals surface area contributed by atoms with E-state index in [4.69, 9.17) is 0 Å². The van der Waals surface area contributed by atoms with Crippen molar-refractivity contribution in [3.05, 3.63) is 30.1 Å². The molecule has 0 saturated carbocycles. The van der Waals surface area contributed by atoms with Crippen LogP contribution in [-0.4, -0.2) is 28.8 Å². The summed E-state index contributed by atoms with van der Waals surface area (Å²) in [5, 5.41) is 12.6. The lowest BCUT2D eigenvalue weighted by Gasteiger charge is -2.17. The molecule has 0 aliphatic rings. The van der Waals surface area contributed by atoms with Crippen LogP contribution in [-0.2, 0) is 6.42 Å². The molecule has 0 spiro atoms. The molecule has 0 aliphatic heterocycles. The molecule has 0 bridgehead atoms. The van der Waals surface area contributed by atoms with E-state index in [1.807, 2.05) is 18.2 Å². The van der Waals surface area contributed by atoms with E-state index in [2.05, 4.69) is 10.3 Å². The van der Waals surface area contributed by atoms with Gasteiger partial charge >= 0.3 is 0 Å². The van der Waals surface area contributed by atoms with Gasteiger partial charge in [-0.25, -0.2) is 0 Å². The fraction of sp³-hybridized carbons (Fsp3) is 0.545. The van der Waals surface area contributed by atoms with Gasteiger partial charge in [-0.2, -0.15) is 0 Å². The lowest BCUT2D eigenvalue weighted by Crippen LogP contribution is -2.35. The molecule has 1 aromatic heterocycles. The maximum atomic E-state index is 9.44. The third-order valence-corrected chi connectivity index (χ3v) is 1.84. The molecule has 2 N–H and O–H groups in total. The predicted molar refractivity (Wildman–Crippen MR) is 57.1 cm³/mol. The van der Waals surface area contributed by atoms with Crippen LogP contribution >= 0.6 is 0 Å². The van der Waals surface area contributed by atoms with Gasteiger partial charge in [-0.3, -0.25) is 4.98 Å². The van der Waals surface area contributed by atoms with E-state index in [1.165, 1.54) is 0 Å². The van der Waals surface area contributed by atoms with Crippen molar-refractivity contribution >= 4 is 0 Å². The van der Waals surface area contributed by atoms with E-state index < -0.39 is 5.60 Å². The third kappa shape index (κ3) is 4.94. The Hall–Kier alpha value is -0.930. The number of rotatable bonds is 5. The zero-order valence-electron chi connectivity index (χ0n) is 8.83. The molecule has 0 fully saturated rings. The highest BCUT2D eigenvalue weighted by atomic mass is 16.3. The highest BCUT2D eigenvalue weighted by molar-refractivity contribution is 5.03. The summed E-state index contributed by atoms with van der Waals surface area (Å²) >= 11 is 0. The number of aromatic nitrogens is 1. The molecule has 0 atom stereocenters. The van der Waals surface area contributed by atoms with Gasteiger partial charge in [-0.1, -0.05) is 6.07 Å². The summed E-state index contributed by atoms with van der Waals surface area (Å²) in [6.45, 7) is 5.04. The molecule has 3 nitrogen and oxygen atoms in total. The number of hydrogen-bond acceptors (Lipinski definition) is 3. The maximum absolute atomic E-state index is 9.44. The molecule has 0 amide bonds. The summed E-state index contributed by atoms with van der Waals surface area (Å²) in [6.07, 6.45) is 2.70. The summed E-state index contributed by atoms with van der Waals surface area (Å²) in [5.74, 6) is 0. The number of hydrogen-bond donors (Lipinski definition) is 2. The molecule has 0 aliphatic carbocycles. The van der Waals surface area contributed by atoms with E-state index in [0.717, 1.165) is 18.7 Å². The Kier molecular flexibility index (Phi) is 4.04. The van der Waals surface area contributed by atoms with Crippen molar-refractivity contribution in [2.75, 3.05) is 13.1 Å². The van der Waals surface area contributed by atoms with Crippen molar-refractivity contribution in [1.29, 1.82) is 0 Å². The molecule has 3 heteroatoms. The number of nitrogens with zero attached hydrogens (tertiary/aromatic N) is 1. The molecule has 1 aromatic rings. The number of nitrogens with one attached hydrogen (secondary N) is 1. The topological polar surface area (TPSA) is 45.1 Å². The lowest BCUT2D eigenvalue weighted by molar-refractivity contribution is 0.0801. The standard InChI is InChI=1S/C11H18N2O/c1-11(2,14)9-12-8-6-10-5-3-4-7-13-10/h3-5,7,12,14H,6,8-9H2,1-2H3. The van der Waals surface area contributed by atoms with E-state index in [1.54, 1.807) is 20.0 Å². The average Bonchev–Trinajstić information content (AvgIpc) is 2.13. The summed E-state index contributed by atoms with van der Waals surface area (Å²) in [5.41, 5.74) is 0.445. The SMILES string of the molecule is CC(C)(O)CNCCc1ccccn1.